The van der Waals surface area contributed by atoms with Crippen molar-refractivity contribution in [1.29, 1.82) is 0 Å². The molecule has 1 aliphatic carbocycles. The SMILES string of the molecule is CC(C)(C)c1cc(-c2ccc3c(c2)c2cc(-c4cc(C(C)(C)C)cc(C(C)(C)C)c4)cc4c5cc6c7c8c(cc9c%10cc(-c%11cc(C(C)(C)C)cc(C(C)(C)C)c%11)ccc%10n(c6cc5n3c24)c97)-c2ccccc2-c2ccccc2-c2ccccc2-8)cc(C(C)(C)C)c1. The molecule has 4 heterocycles. The lowest BCUT2D eigenvalue weighted by atomic mass is 9.78. The van der Waals surface area contributed by atoms with Gasteiger partial charge in [-0.05, 0) is 193 Å². The van der Waals surface area contributed by atoms with E-state index in [0.29, 0.717) is 0 Å². The van der Waals surface area contributed by atoms with Gasteiger partial charge in [-0.3, -0.25) is 0 Å². The average molecular weight is 1200 g/mol. The van der Waals surface area contributed by atoms with E-state index in [9.17, 15) is 0 Å². The monoisotopic (exact) mass is 1190 g/mol. The number of hydrogen-bond acceptors (Lipinski definition) is 0. The van der Waals surface area contributed by atoms with Gasteiger partial charge in [-0.15, -0.1) is 0 Å². The van der Waals surface area contributed by atoms with Crippen LogP contribution in [0.15, 0.2) is 194 Å². The molecule has 0 fully saturated rings. The van der Waals surface area contributed by atoms with Crippen molar-refractivity contribution in [2.45, 2.75) is 157 Å². The van der Waals surface area contributed by atoms with Crippen LogP contribution in [0, 0.1) is 0 Å². The second-order valence-electron chi connectivity index (χ2n) is 33.5. The Hall–Kier alpha value is -8.98. The molecule has 0 amide bonds. The lowest BCUT2D eigenvalue weighted by molar-refractivity contribution is 0.568. The van der Waals surface area contributed by atoms with E-state index in [4.69, 9.17) is 0 Å². The summed E-state index contributed by atoms with van der Waals surface area (Å²) in [5.41, 5.74) is 33.1. The molecule has 0 bridgehead atoms. The third-order valence-corrected chi connectivity index (χ3v) is 21.0. The second-order valence-corrected chi connectivity index (χ2v) is 33.5. The fourth-order valence-corrected chi connectivity index (χ4v) is 15.5. The smallest absolute Gasteiger partial charge is 0.0627 e. The van der Waals surface area contributed by atoms with E-state index in [0.717, 1.165) is 0 Å². The van der Waals surface area contributed by atoms with E-state index in [1.54, 1.807) is 0 Å². The Morgan fingerprint density at radius 1 is 0.207 bits per heavy atom. The number of nitrogens with zero attached hydrogens (tertiary/aromatic N) is 2. The van der Waals surface area contributed by atoms with Crippen LogP contribution in [-0.4, -0.2) is 8.80 Å². The highest BCUT2D eigenvalue weighted by Crippen LogP contribution is 2.56. The molecule has 2 heteroatoms. The lowest BCUT2D eigenvalue weighted by Gasteiger charge is -2.26. The zero-order chi connectivity index (χ0) is 64.4. The first kappa shape index (κ1) is 58.1. The van der Waals surface area contributed by atoms with Crippen molar-refractivity contribution in [2.75, 3.05) is 0 Å². The van der Waals surface area contributed by atoms with Crippen molar-refractivity contribution >= 4 is 76.2 Å². The fourth-order valence-electron chi connectivity index (χ4n) is 15.5. The molecular formula is C90H86N2. The normalized spacial score (nSPS) is 13.5. The first-order chi connectivity index (χ1) is 43.4. The summed E-state index contributed by atoms with van der Waals surface area (Å²) in [6, 6.07) is 77.2. The van der Waals surface area contributed by atoms with Crippen LogP contribution in [-0.2, 0) is 32.5 Å². The molecule has 0 unspecified atom stereocenters. The Labute approximate surface area is 544 Å². The lowest BCUT2D eigenvalue weighted by Crippen LogP contribution is -2.16. The van der Waals surface area contributed by atoms with Crippen molar-refractivity contribution < 1.29 is 0 Å². The van der Waals surface area contributed by atoms with E-state index in [1.807, 2.05) is 0 Å². The van der Waals surface area contributed by atoms with Crippen LogP contribution in [0.2, 0.25) is 0 Å². The summed E-state index contributed by atoms with van der Waals surface area (Å²) < 4.78 is 5.29. The summed E-state index contributed by atoms with van der Waals surface area (Å²) in [6.45, 7) is 42.3. The Kier molecular flexibility index (Phi) is 12.2. The molecule has 2 nitrogen and oxygen atoms in total. The van der Waals surface area contributed by atoms with Crippen LogP contribution in [0.5, 0.6) is 0 Å². The third kappa shape index (κ3) is 8.86. The number of aromatic nitrogens is 2. The zero-order valence-corrected chi connectivity index (χ0v) is 57.4. The van der Waals surface area contributed by atoms with Crippen LogP contribution in [0.1, 0.15) is 158 Å². The van der Waals surface area contributed by atoms with Gasteiger partial charge in [0, 0.05) is 48.7 Å². The van der Waals surface area contributed by atoms with Gasteiger partial charge in [-0.2, -0.15) is 0 Å². The van der Waals surface area contributed by atoms with Gasteiger partial charge in [0.1, 0.15) is 0 Å². The van der Waals surface area contributed by atoms with Crippen LogP contribution in [0.25, 0.3) is 154 Å². The number of fused-ring (bicyclic) bond motifs is 21. The molecule has 1 aliphatic rings. The molecule has 92 heavy (non-hydrogen) atoms. The van der Waals surface area contributed by atoms with Crippen LogP contribution < -0.4 is 0 Å². The van der Waals surface area contributed by atoms with Crippen LogP contribution in [0.4, 0.5) is 0 Å². The molecule has 16 rings (SSSR count). The molecule has 0 saturated heterocycles. The minimum Gasteiger partial charge on any atom is -0.308 e. The van der Waals surface area contributed by atoms with Crippen molar-refractivity contribution in [2.24, 2.45) is 0 Å². The van der Waals surface area contributed by atoms with Crippen molar-refractivity contribution in [1.82, 2.24) is 8.80 Å². The zero-order valence-electron chi connectivity index (χ0n) is 57.4. The first-order valence-electron chi connectivity index (χ1n) is 33.6. The number of hydrogen-bond donors (Lipinski definition) is 0. The summed E-state index contributed by atoms with van der Waals surface area (Å²) in [4.78, 5) is 0. The molecule has 0 aliphatic heterocycles. The summed E-state index contributed by atoms with van der Waals surface area (Å²) in [7, 11) is 0. The van der Waals surface area contributed by atoms with Crippen LogP contribution in [0.3, 0.4) is 0 Å². The van der Waals surface area contributed by atoms with E-state index in [1.165, 1.54) is 187 Å². The van der Waals surface area contributed by atoms with E-state index < -0.39 is 0 Å². The van der Waals surface area contributed by atoms with Gasteiger partial charge < -0.3 is 8.80 Å². The molecular weight excluding hydrogens is 1110 g/mol. The number of rotatable bonds is 3. The van der Waals surface area contributed by atoms with Gasteiger partial charge in [-0.25, -0.2) is 0 Å². The Balaban J connectivity index is 1.07. The molecule has 0 spiro atoms. The minimum absolute atomic E-state index is 0.0118. The van der Waals surface area contributed by atoms with Gasteiger partial charge >= 0.3 is 0 Å². The third-order valence-electron chi connectivity index (χ3n) is 21.0. The quantitative estimate of drug-likeness (QED) is 0.167. The Morgan fingerprint density at radius 2 is 0.500 bits per heavy atom. The molecule has 0 N–H and O–H groups in total. The first-order valence-corrected chi connectivity index (χ1v) is 33.6. The van der Waals surface area contributed by atoms with Crippen molar-refractivity contribution in [3.05, 3.63) is 228 Å². The van der Waals surface area contributed by atoms with Crippen molar-refractivity contribution in [3.63, 3.8) is 0 Å². The van der Waals surface area contributed by atoms with E-state index >= 15 is 0 Å². The van der Waals surface area contributed by atoms with E-state index in [-0.39, 0.29) is 32.5 Å². The minimum atomic E-state index is -0.0445. The largest absolute Gasteiger partial charge is 0.308 e. The second kappa shape index (κ2) is 19.3. The van der Waals surface area contributed by atoms with E-state index in [2.05, 4.69) is 328 Å². The predicted octanol–water partition coefficient (Wildman–Crippen LogP) is 25.8. The number of benzene rings is 11. The maximum Gasteiger partial charge on any atom is 0.0627 e. The Bertz CT molecular complexity index is 5510. The molecule has 456 valence electrons. The predicted molar refractivity (Wildman–Crippen MR) is 400 cm³/mol. The summed E-state index contributed by atoms with van der Waals surface area (Å²) in [5.74, 6) is 0. The topological polar surface area (TPSA) is 8.82 Å². The van der Waals surface area contributed by atoms with Gasteiger partial charge in [0.2, 0.25) is 0 Å². The van der Waals surface area contributed by atoms with Gasteiger partial charge in [0.25, 0.3) is 0 Å². The maximum atomic E-state index is 2.66. The summed E-state index contributed by atoms with van der Waals surface area (Å²) >= 11 is 0. The average Bonchev–Trinajstić information content (AvgIpc) is 1.50. The highest BCUT2D eigenvalue weighted by Gasteiger charge is 2.32. The van der Waals surface area contributed by atoms with Crippen molar-refractivity contribution in [3.8, 4) is 77.9 Å². The molecule has 0 atom stereocenters. The standard InChI is InChI=1S/C90H86N2/c1-85(2,3)57-35-53(36-58(45-57)86(4,5)6)51-31-33-77-69(41-51)73-43-56(55-39-61(89(13,14)15)47-62(40-55)90(16,17)18)44-74-71-48-76-80(50-79(71)91(77)83(73)74)92-78-34-32-52(54-37-59(87(7,8)9)46-60(38-54)88(10,11)12)42-70(78)75-49-72-67-29-22-21-27-65(67)63-25-19-20-26-64(63)66-28-23-24-30-68(66)81(72)82(76)84(75)92/h19-50H,1-18H3. The van der Waals surface area contributed by atoms with Crippen LogP contribution >= 0.6 is 0 Å². The van der Waals surface area contributed by atoms with Gasteiger partial charge in [0.15, 0.2) is 0 Å². The molecule has 0 radical (unpaired) electrons. The highest BCUT2D eigenvalue weighted by atomic mass is 14.9. The molecule has 11 aromatic carbocycles. The molecule has 15 aromatic rings. The summed E-state index contributed by atoms with van der Waals surface area (Å²) in [5, 5.41) is 10.2. The van der Waals surface area contributed by atoms with Gasteiger partial charge in [0.05, 0.1) is 33.1 Å². The Morgan fingerprint density at radius 3 is 0.891 bits per heavy atom. The molecule has 0 saturated carbocycles. The van der Waals surface area contributed by atoms with Gasteiger partial charge in [-0.1, -0.05) is 264 Å². The summed E-state index contributed by atoms with van der Waals surface area (Å²) in [6.07, 6.45) is 0. The maximum absolute atomic E-state index is 2.66. The molecule has 4 aromatic heterocycles. The fraction of sp³-hybridized carbons (Fsp3) is 0.267. The highest BCUT2D eigenvalue weighted by molar-refractivity contribution is 6.34.